The molecule has 1 aromatic heterocycles. The van der Waals surface area contributed by atoms with Crippen molar-refractivity contribution in [1.82, 2.24) is 14.9 Å². The molecule has 7 heteroatoms. The molecule has 96 valence electrons. The van der Waals surface area contributed by atoms with E-state index < -0.39 is 6.43 Å². The molecule has 2 aromatic rings. The number of rotatable bonds is 4. The number of nitrogens with two attached hydrogens (primary N) is 1. The molecule has 0 spiro atoms. The van der Waals surface area contributed by atoms with Crippen molar-refractivity contribution in [3.05, 3.63) is 29.8 Å². The fraction of sp³-hybridized carbons (Fsp3) is 0.273. The molecular formula is C11H12F2N4S. The van der Waals surface area contributed by atoms with Crippen molar-refractivity contribution < 1.29 is 8.78 Å². The van der Waals surface area contributed by atoms with Crippen LogP contribution in [0.1, 0.15) is 5.56 Å². The normalized spacial score (nSPS) is 11.1. The van der Waals surface area contributed by atoms with E-state index in [2.05, 4.69) is 10.2 Å². The molecule has 0 radical (unpaired) electrons. The highest BCUT2D eigenvalue weighted by Gasteiger charge is 2.13. The van der Waals surface area contributed by atoms with Crippen LogP contribution < -0.4 is 5.84 Å². The maximum absolute atomic E-state index is 12.1. The molecule has 0 saturated carbocycles. The van der Waals surface area contributed by atoms with Gasteiger partial charge in [0.1, 0.15) is 0 Å². The first-order valence-corrected chi connectivity index (χ1v) is 6.25. The third-order valence-electron chi connectivity index (χ3n) is 2.31. The molecule has 0 amide bonds. The summed E-state index contributed by atoms with van der Waals surface area (Å²) in [4.78, 5) is 0. The van der Waals surface area contributed by atoms with Crippen LogP contribution in [0.15, 0.2) is 29.4 Å². The van der Waals surface area contributed by atoms with Crippen molar-refractivity contribution in [2.45, 2.75) is 18.5 Å². The Labute approximate surface area is 107 Å². The van der Waals surface area contributed by atoms with Crippen LogP contribution in [0.3, 0.4) is 0 Å². The van der Waals surface area contributed by atoms with Crippen LogP contribution in [0, 0.1) is 6.92 Å². The van der Waals surface area contributed by atoms with Crippen LogP contribution in [0.25, 0.3) is 11.4 Å². The van der Waals surface area contributed by atoms with E-state index in [4.69, 9.17) is 5.84 Å². The second-order valence-corrected chi connectivity index (χ2v) is 4.73. The summed E-state index contributed by atoms with van der Waals surface area (Å²) in [7, 11) is 0. The largest absolute Gasteiger partial charge is 0.335 e. The Bertz CT molecular complexity index is 524. The van der Waals surface area contributed by atoms with E-state index in [1.807, 2.05) is 31.2 Å². The average molecular weight is 270 g/mol. The second-order valence-electron chi connectivity index (χ2n) is 3.74. The molecule has 18 heavy (non-hydrogen) atoms. The summed E-state index contributed by atoms with van der Waals surface area (Å²) < 4.78 is 25.4. The Hall–Kier alpha value is -1.63. The first-order valence-electron chi connectivity index (χ1n) is 5.26. The van der Waals surface area contributed by atoms with Gasteiger partial charge >= 0.3 is 0 Å². The van der Waals surface area contributed by atoms with Gasteiger partial charge in [-0.05, 0) is 6.92 Å². The van der Waals surface area contributed by atoms with E-state index in [9.17, 15) is 8.78 Å². The summed E-state index contributed by atoms with van der Waals surface area (Å²) in [5.41, 5.74) is 1.92. The zero-order valence-corrected chi connectivity index (χ0v) is 10.5. The Morgan fingerprint density at radius 3 is 2.56 bits per heavy atom. The number of alkyl halides is 2. The van der Waals surface area contributed by atoms with Gasteiger partial charge in [0.15, 0.2) is 5.82 Å². The predicted molar refractivity (Wildman–Crippen MR) is 67.1 cm³/mol. The summed E-state index contributed by atoms with van der Waals surface area (Å²) in [6, 6.07) is 7.58. The van der Waals surface area contributed by atoms with Gasteiger partial charge in [-0.1, -0.05) is 41.6 Å². The Kier molecular flexibility index (Phi) is 3.81. The van der Waals surface area contributed by atoms with Crippen LogP contribution in [0.5, 0.6) is 0 Å². The first kappa shape index (κ1) is 12.8. The van der Waals surface area contributed by atoms with Gasteiger partial charge < -0.3 is 5.84 Å². The predicted octanol–water partition coefficient (Wildman–Crippen LogP) is 2.32. The number of hydrogen-bond donors (Lipinski definition) is 1. The monoisotopic (exact) mass is 270 g/mol. The van der Waals surface area contributed by atoms with Crippen molar-refractivity contribution in [3.63, 3.8) is 0 Å². The topological polar surface area (TPSA) is 56.7 Å². The van der Waals surface area contributed by atoms with E-state index in [-0.39, 0.29) is 10.9 Å². The van der Waals surface area contributed by atoms with Crippen LogP contribution >= 0.6 is 11.8 Å². The third-order valence-corrected chi connectivity index (χ3v) is 3.27. The maximum atomic E-state index is 12.1. The smallest absolute Gasteiger partial charge is 0.248 e. The van der Waals surface area contributed by atoms with Gasteiger partial charge in [0, 0.05) is 5.56 Å². The zero-order valence-electron chi connectivity index (χ0n) is 9.68. The average Bonchev–Trinajstić information content (AvgIpc) is 2.69. The molecule has 2 N–H and O–H groups in total. The van der Waals surface area contributed by atoms with E-state index in [0.29, 0.717) is 5.82 Å². The number of hydrogen-bond acceptors (Lipinski definition) is 4. The summed E-state index contributed by atoms with van der Waals surface area (Å²) >= 11 is 0.888. The molecule has 0 atom stereocenters. The minimum atomic E-state index is -2.39. The minimum absolute atomic E-state index is 0.283. The molecule has 4 nitrogen and oxygen atoms in total. The van der Waals surface area contributed by atoms with Crippen molar-refractivity contribution in [2.75, 3.05) is 11.6 Å². The number of halogens is 2. The van der Waals surface area contributed by atoms with Crippen LogP contribution in [-0.2, 0) is 0 Å². The Morgan fingerprint density at radius 2 is 1.94 bits per heavy atom. The standard InChI is InChI=1S/C11H12F2N4S/c1-7-2-4-8(5-3-7)10-15-16-11(17(10)14)18-6-9(12)13/h2-5,9H,6,14H2,1H3. The maximum Gasteiger partial charge on any atom is 0.248 e. The number of aryl methyl sites for hydroxylation is 1. The second kappa shape index (κ2) is 5.34. The summed E-state index contributed by atoms with van der Waals surface area (Å²) in [6.07, 6.45) is -2.39. The van der Waals surface area contributed by atoms with E-state index in [1.165, 1.54) is 4.68 Å². The summed E-state index contributed by atoms with van der Waals surface area (Å²) in [6.45, 7) is 1.97. The molecular weight excluding hydrogens is 258 g/mol. The van der Waals surface area contributed by atoms with Gasteiger partial charge in [-0.15, -0.1) is 10.2 Å². The van der Waals surface area contributed by atoms with E-state index in [1.54, 1.807) is 0 Å². The molecule has 0 aliphatic carbocycles. The fourth-order valence-electron chi connectivity index (χ4n) is 1.41. The Balaban J connectivity index is 2.22. The first-order chi connectivity index (χ1) is 8.58. The molecule has 1 aromatic carbocycles. The molecule has 1 heterocycles. The summed E-state index contributed by atoms with van der Waals surface area (Å²) in [5.74, 6) is 5.91. The van der Waals surface area contributed by atoms with Gasteiger partial charge in [-0.25, -0.2) is 13.5 Å². The van der Waals surface area contributed by atoms with Gasteiger partial charge in [0.2, 0.25) is 11.6 Å². The van der Waals surface area contributed by atoms with Crippen molar-refractivity contribution in [2.24, 2.45) is 0 Å². The van der Waals surface area contributed by atoms with Crippen LogP contribution in [0.4, 0.5) is 8.78 Å². The highest BCUT2D eigenvalue weighted by Crippen LogP contribution is 2.22. The lowest BCUT2D eigenvalue weighted by molar-refractivity contribution is 0.176. The molecule has 0 fully saturated rings. The molecule has 0 aliphatic heterocycles. The SMILES string of the molecule is Cc1ccc(-c2nnc(SCC(F)F)n2N)cc1. The quantitative estimate of drug-likeness (QED) is 0.684. The molecule has 0 unspecified atom stereocenters. The van der Waals surface area contributed by atoms with E-state index in [0.717, 1.165) is 22.9 Å². The van der Waals surface area contributed by atoms with Crippen molar-refractivity contribution in [1.29, 1.82) is 0 Å². The third kappa shape index (κ3) is 2.79. The van der Waals surface area contributed by atoms with Gasteiger partial charge in [0.25, 0.3) is 0 Å². The van der Waals surface area contributed by atoms with Gasteiger partial charge in [-0.3, -0.25) is 0 Å². The number of nitrogen functional groups attached to an aromatic ring is 1. The lowest BCUT2D eigenvalue weighted by atomic mass is 10.1. The number of nitrogens with zero attached hydrogens (tertiary/aromatic N) is 3. The lowest BCUT2D eigenvalue weighted by Gasteiger charge is -2.03. The minimum Gasteiger partial charge on any atom is -0.335 e. The van der Waals surface area contributed by atoms with Crippen LogP contribution in [0.2, 0.25) is 0 Å². The zero-order chi connectivity index (χ0) is 13.1. The number of thioether (sulfide) groups is 1. The number of aromatic nitrogens is 3. The molecule has 0 saturated heterocycles. The van der Waals surface area contributed by atoms with Crippen molar-refractivity contribution in [3.8, 4) is 11.4 Å². The Morgan fingerprint density at radius 1 is 1.28 bits per heavy atom. The fourth-order valence-corrected chi connectivity index (χ4v) is 2.01. The lowest BCUT2D eigenvalue weighted by Crippen LogP contribution is -2.12. The molecule has 2 rings (SSSR count). The van der Waals surface area contributed by atoms with Gasteiger partial charge in [0.05, 0.1) is 5.75 Å². The van der Waals surface area contributed by atoms with E-state index >= 15 is 0 Å². The highest BCUT2D eigenvalue weighted by atomic mass is 32.2. The number of benzene rings is 1. The highest BCUT2D eigenvalue weighted by molar-refractivity contribution is 7.99. The molecule has 0 aliphatic rings. The van der Waals surface area contributed by atoms with Crippen molar-refractivity contribution >= 4 is 11.8 Å². The van der Waals surface area contributed by atoms with Gasteiger partial charge in [-0.2, -0.15) is 0 Å². The molecule has 0 bridgehead atoms. The summed E-state index contributed by atoms with van der Waals surface area (Å²) in [5, 5.41) is 8.00. The van der Waals surface area contributed by atoms with Crippen LogP contribution in [-0.4, -0.2) is 27.1 Å².